The second-order valence-corrected chi connectivity index (χ2v) is 5.52. The summed E-state index contributed by atoms with van der Waals surface area (Å²) in [5.74, 6) is 0. The van der Waals surface area contributed by atoms with Crippen LogP contribution in [0.4, 0.5) is 0 Å². The zero-order valence-electron chi connectivity index (χ0n) is 11.7. The first-order valence-corrected chi connectivity index (χ1v) is 6.24. The van der Waals surface area contributed by atoms with Gasteiger partial charge in [-0.25, -0.2) is 0 Å². The van der Waals surface area contributed by atoms with E-state index in [0.717, 1.165) is 25.3 Å². The molecule has 0 unspecified atom stereocenters. The van der Waals surface area contributed by atoms with E-state index < -0.39 is 0 Å². The summed E-state index contributed by atoms with van der Waals surface area (Å²) < 4.78 is 1.88. The van der Waals surface area contributed by atoms with Crippen LogP contribution in [0, 0.1) is 0 Å². The second kappa shape index (κ2) is 5.65. The molecule has 1 aromatic heterocycles. The third-order valence-electron chi connectivity index (χ3n) is 2.87. The van der Waals surface area contributed by atoms with Crippen LogP contribution in [0.2, 0.25) is 0 Å². The Morgan fingerprint density at radius 1 is 1.41 bits per heavy atom. The third kappa shape index (κ3) is 3.82. The Hall–Kier alpha value is -0.870. The molecule has 0 aromatic carbocycles. The van der Waals surface area contributed by atoms with E-state index in [4.69, 9.17) is 5.11 Å². The summed E-state index contributed by atoms with van der Waals surface area (Å²) in [6, 6.07) is 0. The molecule has 0 amide bonds. The first-order valence-electron chi connectivity index (χ1n) is 6.24. The van der Waals surface area contributed by atoms with E-state index in [-0.39, 0.29) is 12.0 Å². The second-order valence-electron chi connectivity index (χ2n) is 5.52. The van der Waals surface area contributed by atoms with Crippen molar-refractivity contribution >= 4 is 0 Å². The van der Waals surface area contributed by atoms with E-state index in [0.29, 0.717) is 0 Å². The van der Waals surface area contributed by atoms with Crippen molar-refractivity contribution in [1.82, 2.24) is 14.7 Å². The van der Waals surface area contributed by atoms with Crippen LogP contribution in [0.15, 0.2) is 6.20 Å². The van der Waals surface area contributed by atoms with Gasteiger partial charge in [-0.2, -0.15) is 5.10 Å². The molecule has 0 aliphatic rings. The molecule has 0 spiro atoms. The summed E-state index contributed by atoms with van der Waals surface area (Å²) in [5.41, 5.74) is 2.47. The molecule has 0 saturated carbocycles. The maximum atomic E-state index is 9.02. The zero-order valence-corrected chi connectivity index (χ0v) is 11.7. The van der Waals surface area contributed by atoms with Crippen LogP contribution in [-0.4, -0.2) is 39.5 Å². The Morgan fingerprint density at radius 2 is 2.06 bits per heavy atom. The van der Waals surface area contributed by atoms with Crippen molar-refractivity contribution in [3.63, 3.8) is 0 Å². The lowest BCUT2D eigenvalue weighted by atomic mass is 9.89. The normalized spacial score (nSPS) is 12.4. The predicted octanol–water partition coefficient (Wildman–Crippen LogP) is 1.53. The van der Waals surface area contributed by atoms with Crippen LogP contribution in [-0.2, 0) is 19.0 Å². The summed E-state index contributed by atoms with van der Waals surface area (Å²) in [6.45, 7) is 11.4. The lowest BCUT2D eigenvalue weighted by molar-refractivity contribution is 0.196. The lowest BCUT2D eigenvalue weighted by Gasteiger charge is -2.22. The zero-order chi connectivity index (χ0) is 13.1. The van der Waals surface area contributed by atoms with E-state index in [1.807, 2.05) is 11.7 Å². The summed E-state index contributed by atoms with van der Waals surface area (Å²) in [5, 5.41) is 13.6. The number of likely N-dealkylation sites (N-methyl/N-ethyl adjacent to an activating group) is 1. The minimum Gasteiger partial charge on any atom is -0.395 e. The highest BCUT2D eigenvalue weighted by molar-refractivity contribution is 5.23. The van der Waals surface area contributed by atoms with E-state index in [9.17, 15) is 0 Å². The molecular weight excluding hydrogens is 214 g/mol. The van der Waals surface area contributed by atoms with Gasteiger partial charge in [-0.05, 0) is 6.54 Å². The molecule has 4 heteroatoms. The van der Waals surface area contributed by atoms with Gasteiger partial charge in [0.25, 0.3) is 0 Å². The van der Waals surface area contributed by atoms with Gasteiger partial charge in [0.15, 0.2) is 0 Å². The highest BCUT2D eigenvalue weighted by Gasteiger charge is 2.22. The van der Waals surface area contributed by atoms with Crippen molar-refractivity contribution in [2.24, 2.45) is 7.05 Å². The fourth-order valence-electron chi connectivity index (χ4n) is 2.02. The van der Waals surface area contributed by atoms with Crippen molar-refractivity contribution in [1.29, 1.82) is 0 Å². The maximum absolute atomic E-state index is 9.02. The average molecular weight is 239 g/mol. The molecule has 1 rings (SSSR count). The molecule has 1 heterocycles. The number of aromatic nitrogens is 2. The van der Waals surface area contributed by atoms with Crippen molar-refractivity contribution < 1.29 is 5.11 Å². The van der Waals surface area contributed by atoms with E-state index in [1.165, 1.54) is 5.56 Å². The highest BCUT2D eigenvalue weighted by atomic mass is 16.3. The van der Waals surface area contributed by atoms with Crippen LogP contribution in [0.25, 0.3) is 0 Å². The van der Waals surface area contributed by atoms with Gasteiger partial charge in [-0.1, -0.05) is 27.7 Å². The molecule has 1 N–H and O–H groups in total. The fraction of sp³-hybridized carbons (Fsp3) is 0.769. The fourth-order valence-corrected chi connectivity index (χ4v) is 2.02. The topological polar surface area (TPSA) is 41.3 Å². The Bertz CT molecular complexity index is 352. The Morgan fingerprint density at radius 3 is 2.53 bits per heavy atom. The van der Waals surface area contributed by atoms with Crippen molar-refractivity contribution in [3.8, 4) is 0 Å². The maximum Gasteiger partial charge on any atom is 0.0722 e. The van der Waals surface area contributed by atoms with Gasteiger partial charge >= 0.3 is 0 Å². The van der Waals surface area contributed by atoms with Crippen molar-refractivity contribution in [2.45, 2.75) is 39.7 Å². The van der Waals surface area contributed by atoms with Crippen LogP contribution in [0.3, 0.4) is 0 Å². The lowest BCUT2D eigenvalue weighted by Crippen LogP contribution is -2.27. The smallest absolute Gasteiger partial charge is 0.0722 e. The van der Waals surface area contributed by atoms with Gasteiger partial charge in [0.2, 0.25) is 0 Å². The predicted molar refractivity (Wildman–Crippen MR) is 69.9 cm³/mol. The molecule has 0 saturated heterocycles. The van der Waals surface area contributed by atoms with E-state index in [1.54, 1.807) is 0 Å². The minimum atomic E-state index is 0.0647. The first kappa shape index (κ1) is 14.2. The van der Waals surface area contributed by atoms with Gasteiger partial charge in [0, 0.05) is 37.3 Å². The van der Waals surface area contributed by atoms with Gasteiger partial charge in [-0.15, -0.1) is 0 Å². The highest BCUT2D eigenvalue weighted by Crippen LogP contribution is 2.24. The molecule has 0 bridgehead atoms. The molecule has 0 atom stereocenters. The van der Waals surface area contributed by atoms with Gasteiger partial charge < -0.3 is 5.11 Å². The van der Waals surface area contributed by atoms with E-state index >= 15 is 0 Å². The molecule has 0 radical (unpaired) electrons. The molecule has 0 fully saturated rings. The average Bonchev–Trinajstić information content (AvgIpc) is 2.58. The minimum absolute atomic E-state index is 0.0647. The van der Waals surface area contributed by atoms with E-state index in [2.05, 4.69) is 43.9 Å². The Kier molecular flexibility index (Phi) is 4.71. The number of aryl methyl sites for hydroxylation is 1. The molecule has 1 aromatic rings. The van der Waals surface area contributed by atoms with Crippen LogP contribution < -0.4 is 0 Å². The SMILES string of the molecule is CCN(CCO)Cc1cn(C)nc1C(C)(C)C. The number of hydrogen-bond acceptors (Lipinski definition) is 3. The van der Waals surface area contributed by atoms with Gasteiger partial charge in [0.1, 0.15) is 0 Å². The summed E-state index contributed by atoms with van der Waals surface area (Å²) in [4.78, 5) is 2.23. The molecule has 4 nitrogen and oxygen atoms in total. The van der Waals surface area contributed by atoms with Crippen LogP contribution >= 0.6 is 0 Å². The monoisotopic (exact) mass is 239 g/mol. The van der Waals surface area contributed by atoms with Crippen molar-refractivity contribution in [3.05, 3.63) is 17.5 Å². The van der Waals surface area contributed by atoms with Crippen LogP contribution in [0.1, 0.15) is 39.0 Å². The summed E-state index contributed by atoms with van der Waals surface area (Å²) >= 11 is 0. The third-order valence-corrected chi connectivity index (χ3v) is 2.87. The molecule has 17 heavy (non-hydrogen) atoms. The molecule has 0 aliphatic carbocycles. The van der Waals surface area contributed by atoms with Gasteiger partial charge in [-0.3, -0.25) is 9.58 Å². The molecular formula is C13H25N3O. The van der Waals surface area contributed by atoms with Gasteiger partial charge in [0.05, 0.1) is 12.3 Å². The Balaban J connectivity index is 2.90. The number of hydrogen-bond donors (Lipinski definition) is 1. The molecule has 0 aliphatic heterocycles. The quantitative estimate of drug-likeness (QED) is 0.847. The molecule has 98 valence electrons. The number of rotatable bonds is 5. The summed E-state index contributed by atoms with van der Waals surface area (Å²) in [7, 11) is 1.96. The summed E-state index contributed by atoms with van der Waals surface area (Å²) in [6.07, 6.45) is 2.08. The van der Waals surface area contributed by atoms with Crippen LogP contribution in [0.5, 0.6) is 0 Å². The largest absolute Gasteiger partial charge is 0.395 e. The standard InChI is InChI=1S/C13H25N3O/c1-6-16(7-8-17)10-11-9-15(5)14-12(11)13(2,3)4/h9,17H,6-8,10H2,1-5H3. The Labute approximate surface area is 104 Å². The number of aliphatic hydroxyl groups is 1. The number of aliphatic hydroxyl groups excluding tert-OH is 1. The van der Waals surface area contributed by atoms with Crippen molar-refractivity contribution in [2.75, 3.05) is 19.7 Å². The number of nitrogens with zero attached hydrogens (tertiary/aromatic N) is 3. The first-order chi connectivity index (χ1) is 7.88.